The highest BCUT2D eigenvalue weighted by atomic mass is 19.1. The second kappa shape index (κ2) is 5.62. The first-order chi connectivity index (χ1) is 7.99. The van der Waals surface area contributed by atoms with Crippen LogP contribution in [0.4, 0.5) is 14.5 Å². The summed E-state index contributed by atoms with van der Waals surface area (Å²) in [4.78, 5) is 1.56. The van der Waals surface area contributed by atoms with Crippen LogP contribution in [0.2, 0.25) is 0 Å². The van der Waals surface area contributed by atoms with Crippen LogP contribution >= 0.6 is 0 Å². The third-order valence-corrected chi connectivity index (χ3v) is 2.81. The lowest BCUT2D eigenvalue weighted by molar-refractivity contribution is 0.533. The Hall–Kier alpha value is -1.63. The van der Waals surface area contributed by atoms with Crippen LogP contribution in [-0.4, -0.2) is 13.6 Å². The predicted octanol–water partition coefficient (Wildman–Crippen LogP) is 3.32. The number of benzene rings is 1. The van der Waals surface area contributed by atoms with Crippen molar-refractivity contribution in [2.75, 3.05) is 18.5 Å². The van der Waals surface area contributed by atoms with Crippen LogP contribution in [0.15, 0.2) is 12.1 Å². The van der Waals surface area contributed by atoms with Gasteiger partial charge in [0.2, 0.25) is 0 Å². The molecule has 1 aromatic carbocycles. The van der Waals surface area contributed by atoms with Gasteiger partial charge in [0.15, 0.2) is 11.6 Å². The van der Waals surface area contributed by atoms with Gasteiger partial charge in [-0.1, -0.05) is 20.3 Å². The van der Waals surface area contributed by atoms with Gasteiger partial charge in [0, 0.05) is 13.6 Å². The molecular formula is C13H16F2N2. The first kappa shape index (κ1) is 13.4. The number of hydrogen-bond acceptors (Lipinski definition) is 2. The lowest BCUT2D eigenvalue weighted by Crippen LogP contribution is -2.25. The van der Waals surface area contributed by atoms with Crippen molar-refractivity contribution in [3.8, 4) is 6.07 Å². The number of anilines is 1. The minimum Gasteiger partial charge on any atom is -0.370 e. The standard InChI is InChI=1S/C13H16F2N2/c1-4-9(2)8-17(3)13-11(14)5-10(7-16)6-12(13)15/h5-6,9H,4,8H2,1-3H3. The second-order valence-corrected chi connectivity index (χ2v) is 4.29. The Kier molecular flexibility index (Phi) is 4.45. The smallest absolute Gasteiger partial charge is 0.150 e. The molecule has 0 saturated carbocycles. The molecule has 0 radical (unpaired) electrons. The molecule has 1 aromatic rings. The molecule has 0 fully saturated rings. The zero-order valence-electron chi connectivity index (χ0n) is 10.3. The molecule has 0 aliphatic carbocycles. The number of nitriles is 1. The summed E-state index contributed by atoms with van der Waals surface area (Å²) in [5.41, 5.74) is -0.0648. The molecule has 17 heavy (non-hydrogen) atoms. The van der Waals surface area contributed by atoms with Crippen molar-refractivity contribution in [2.24, 2.45) is 5.92 Å². The van der Waals surface area contributed by atoms with Gasteiger partial charge in [0.1, 0.15) is 5.69 Å². The van der Waals surface area contributed by atoms with Crippen molar-refractivity contribution in [1.82, 2.24) is 0 Å². The van der Waals surface area contributed by atoms with Gasteiger partial charge in [-0.15, -0.1) is 0 Å². The molecule has 0 aliphatic heterocycles. The van der Waals surface area contributed by atoms with E-state index in [2.05, 4.69) is 0 Å². The number of nitrogens with zero attached hydrogens (tertiary/aromatic N) is 2. The van der Waals surface area contributed by atoms with Gasteiger partial charge in [-0.05, 0) is 18.1 Å². The highest BCUT2D eigenvalue weighted by Crippen LogP contribution is 2.24. The Bertz CT molecular complexity index is 415. The van der Waals surface area contributed by atoms with Crippen LogP contribution in [0.3, 0.4) is 0 Å². The van der Waals surface area contributed by atoms with E-state index in [1.54, 1.807) is 18.0 Å². The van der Waals surface area contributed by atoms with Crippen molar-refractivity contribution in [1.29, 1.82) is 5.26 Å². The van der Waals surface area contributed by atoms with E-state index >= 15 is 0 Å². The molecule has 0 heterocycles. The quantitative estimate of drug-likeness (QED) is 0.804. The minimum absolute atomic E-state index is 0.000639. The minimum atomic E-state index is -0.688. The average molecular weight is 238 g/mol. The van der Waals surface area contributed by atoms with Gasteiger partial charge in [-0.25, -0.2) is 8.78 Å². The fourth-order valence-corrected chi connectivity index (χ4v) is 1.68. The van der Waals surface area contributed by atoms with Crippen LogP contribution in [-0.2, 0) is 0 Å². The fraction of sp³-hybridized carbons (Fsp3) is 0.462. The number of hydrogen-bond donors (Lipinski definition) is 0. The van der Waals surface area contributed by atoms with E-state index in [4.69, 9.17) is 5.26 Å². The molecular weight excluding hydrogens is 222 g/mol. The van der Waals surface area contributed by atoms with Crippen LogP contribution in [0.25, 0.3) is 0 Å². The van der Waals surface area contributed by atoms with Crippen LogP contribution < -0.4 is 4.90 Å². The molecule has 0 N–H and O–H groups in total. The summed E-state index contributed by atoms with van der Waals surface area (Å²) in [5.74, 6) is -1.02. The Labute approximate surface area is 100 Å². The van der Waals surface area contributed by atoms with Crippen molar-refractivity contribution < 1.29 is 8.78 Å². The first-order valence-corrected chi connectivity index (χ1v) is 5.59. The van der Waals surface area contributed by atoms with Gasteiger partial charge in [-0.3, -0.25) is 0 Å². The normalized spacial score (nSPS) is 12.0. The van der Waals surface area contributed by atoms with E-state index in [-0.39, 0.29) is 11.3 Å². The topological polar surface area (TPSA) is 27.0 Å². The van der Waals surface area contributed by atoms with Crippen molar-refractivity contribution in [2.45, 2.75) is 20.3 Å². The Morgan fingerprint density at radius 2 is 1.88 bits per heavy atom. The molecule has 4 heteroatoms. The summed E-state index contributed by atoms with van der Waals surface area (Å²) in [6, 6.07) is 3.85. The van der Waals surface area contributed by atoms with E-state index in [9.17, 15) is 8.78 Å². The molecule has 0 bridgehead atoms. The molecule has 92 valence electrons. The van der Waals surface area contributed by atoms with E-state index < -0.39 is 11.6 Å². The maximum Gasteiger partial charge on any atom is 0.150 e. The number of halogens is 2. The third-order valence-electron chi connectivity index (χ3n) is 2.81. The molecule has 2 nitrogen and oxygen atoms in total. The summed E-state index contributed by atoms with van der Waals surface area (Å²) in [7, 11) is 1.65. The van der Waals surface area contributed by atoms with Crippen molar-refractivity contribution in [3.05, 3.63) is 29.3 Å². The zero-order valence-corrected chi connectivity index (χ0v) is 10.3. The molecule has 1 unspecified atom stereocenters. The first-order valence-electron chi connectivity index (χ1n) is 5.59. The summed E-state index contributed by atoms with van der Waals surface area (Å²) in [5, 5.41) is 8.60. The molecule has 0 aliphatic rings. The number of rotatable bonds is 4. The van der Waals surface area contributed by atoms with Gasteiger partial charge in [0.25, 0.3) is 0 Å². The van der Waals surface area contributed by atoms with Crippen molar-refractivity contribution in [3.63, 3.8) is 0 Å². The maximum atomic E-state index is 13.7. The molecule has 0 spiro atoms. The molecule has 1 rings (SSSR count). The predicted molar refractivity (Wildman–Crippen MR) is 63.8 cm³/mol. The van der Waals surface area contributed by atoms with Crippen molar-refractivity contribution >= 4 is 5.69 Å². The Balaban J connectivity index is 3.02. The summed E-state index contributed by atoms with van der Waals surface area (Å²) >= 11 is 0. The fourth-order valence-electron chi connectivity index (χ4n) is 1.68. The third kappa shape index (κ3) is 3.16. The molecule has 0 saturated heterocycles. The largest absolute Gasteiger partial charge is 0.370 e. The summed E-state index contributed by atoms with van der Waals surface area (Å²) in [6.07, 6.45) is 0.948. The summed E-state index contributed by atoms with van der Waals surface area (Å²) in [6.45, 7) is 4.64. The zero-order chi connectivity index (χ0) is 13.0. The van der Waals surface area contributed by atoms with Crippen LogP contribution in [0.1, 0.15) is 25.8 Å². The lowest BCUT2D eigenvalue weighted by atomic mass is 10.1. The van der Waals surface area contributed by atoms with Gasteiger partial charge >= 0.3 is 0 Å². The van der Waals surface area contributed by atoms with E-state index in [1.807, 2.05) is 13.8 Å². The average Bonchev–Trinajstić information content (AvgIpc) is 2.27. The maximum absolute atomic E-state index is 13.7. The van der Waals surface area contributed by atoms with Gasteiger partial charge < -0.3 is 4.90 Å². The van der Waals surface area contributed by atoms with Gasteiger partial charge in [-0.2, -0.15) is 5.26 Å². The highest BCUT2D eigenvalue weighted by Gasteiger charge is 2.16. The monoisotopic (exact) mass is 238 g/mol. The van der Waals surface area contributed by atoms with Gasteiger partial charge in [0.05, 0.1) is 11.6 Å². The second-order valence-electron chi connectivity index (χ2n) is 4.29. The lowest BCUT2D eigenvalue weighted by Gasteiger charge is -2.23. The van der Waals surface area contributed by atoms with E-state index in [0.29, 0.717) is 12.5 Å². The van der Waals surface area contributed by atoms with Crippen LogP contribution in [0, 0.1) is 28.9 Å². The molecule has 0 aromatic heterocycles. The van der Waals surface area contributed by atoms with Crippen LogP contribution in [0.5, 0.6) is 0 Å². The summed E-state index contributed by atoms with van der Waals surface area (Å²) < 4.78 is 27.3. The highest BCUT2D eigenvalue weighted by molar-refractivity contribution is 5.52. The SMILES string of the molecule is CCC(C)CN(C)c1c(F)cc(C#N)cc1F. The molecule has 1 atom stereocenters. The Morgan fingerprint density at radius 3 is 2.29 bits per heavy atom. The van der Waals surface area contributed by atoms with E-state index in [1.165, 1.54) is 0 Å². The molecule has 0 amide bonds. The van der Waals surface area contributed by atoms with E-state index in [0.717, 1.165) is 18.6 Å². The Morgan fingerprint density at radius 1 is 1.35 bits per heavy atom.